The minimum Gasteiger partial charge on any atom is -0.384 e. The van der Waals surface area contributed by atoms with Gasteiger partial charge in [-0.3, -0.25) is 4.79 Å². The van der Waals surface area contributed by atoms with Crippen LogP contribution in [-0.4, -0.2) is 43.2 Å². The summed E-state index contributed by atoms with van der Waals surface area (Å²) in [6.07, 6.45) is 2.95. The number of hydrogen-bond donors (Lipinski definition) is 1. The van der Waals surface area contributed by atoms with Crippen LogP contribution in [0.15, 0.2) is 24.3 Å². The van der Waals surface area contributed by atoms with Crippen LogP contribution in [-0.2, 0) is 9.53 Å². The van der Waals surface area contributed by atoms with E-state index in [1.54, 1.807) is 0 Å². The summed E-state index contributed by atoms with van der Waals surface area (Å²) in [4.78, 5) is 14.5. The molecule has 2 heterocycles. The number of hydrogen-bond acceptors (Lipinski definition) is 3. The van der Waals surface area contributed by atoms with Crippen molar-refractivity contribution in [1.82, 2.24) is 4.90 Å². The molecule has 0 aromatic heterocycles. The average molecular weight is 288 g/mol. The second-order valence-corrected chi connectivity index (χ2v) is 5.93. The molecule has 0 saturated carbocycles. The number of nitrogens with zero attached hydrogens (tertiary/aromatic N) is 1. The molecule has 21 heavy (non-hydrogen) atoms. The van der Waals surface area contributed by atoms with Gasteiger partial charge in [-0.1, -0.05) is 18.2 Å². The fourth-order valence-electron chi connectivity index (χ4n) is 3.42. The van der Waals surface area contributed by atoms with E-state index in [0.29, 0.717) is 12.3 Å². The van der Waals surface area contributed by atoms with Gasteiger partial charge in [0.25, 0.3) is 0 Å². The van der Waals surface area contributed by atoms with Crippen molar-refractivity contribution in [3.63, 3.8) is 0 Å². The molecule has 0 spiro atoms. The zero-order chi connectivity index (χ0) is 14.7. The lowest BCUT2D eigenvalue weighted by Gasteiger charge is -2.33. The van der Waals surface area contributed by atoms with Gasteiger partial charge >= 0.3 is 0 Å². The van der Waals surface area contributed by atoms with Gasteiger partial charge in [0.2, 0.25) is 5.91 Å². The number of fused-ring (bicyclic) bond motifs is 1. The number of benzene rings is 1. The first-order valence-electron chi connectivity index (χ1n) is 8.00. The van der Waals surface area contributed by atoms with E-state index in [1.165, 1.54) is 11.3 Å². The van der Waals surface area contributed by atoms with E-state index in [9.17, 15) is 4.79 Å². The summed E-state index contributed by atoms with van der Waals surface area (Å²) in [5, 5.41) is 3.39. The minimum atomic E-state index is 0.224. The minimum absolute atomic E-state index is 0.224. The van der Waals surface area contributed by atoms with Gasteiger partial charge in [-0.05, 0) is 31.4 Å². The fraction of sp³-hybridized carbons (Fsp3) is 0.588. The van der Waals surface area contributed by atoms with Crippen LogP contribution in [0, 0.1) is 0 Å². The zero-order valence-electron chi connectivity index (χ0n) is 12.7. The van der Waals surface area contributed by atoms with E-state index in [2.05, 4.69) is 23.5 Å². The number of ether oxygens (including phenoxy) is 1. The average Bonchev–Trinajstić information content (AvgIpc) is 2.91. The summed E-state index contributed by atoms with van der Waals surface area (Å²) >= 11 is 0. The van der Waals surface area contributed by atoms with Crippen LogP contribution in [0.2, 0.25) is 0 Å². The highest BCUT2D eigenvalue weighted by molar-refractivity contribution is 5.78. The summed E-state index contributed by atoms with van der Waals surface area (Å²) in [6.45, 7) is 5.25. The topological polar surface area (TPSA) is 41.6 Å². The highest BCUT2D eigenvalue weighted by Gasteiger charge is 2.29. The van der Waals surface area contributed by atoms with Crippen molar-refractivity contribution in [2.24, 2.45) is 0 Å². The third-order valence-electron chi connectivity index (χ3n) is 4.49. The first kappa shape index (κ1) is 14.4. The summed E-state index contributed by atoms with van der Waals surface area (Å²) in [6, 6.07) is 8.31. The predicted octanol–water partition coefficient (Wildman–Crippen LogP) is 2.61. The summed E-state index contributed by atoms with van der Waals surface area (Å²) < 4.78 is 5.68. The number of anilines is 1. The van der Waals surface area contributed by atoms with Gasteiger partial charge in [-0.25, -0.2) is 0 Å². The Morgan fingerprint density at radius 1 is 1.43 bits per heavy atom. The molecule has 1 aromatic rings. The zero-order valence-corrected chi connectivity index (χ0v) is 12.7. The van der Waals surface area contributed by atoms with Gasteiger partial charge in [0, 0.05) is 44.3 Å². The van der Waals surface area contributed by atoms with Crippen LogP contribution < -0.4 is 5.32 Å². The third-order valence-corrected chi connectivity index (χ3v) is 4.49. The number of amides is 1. The van der Waals surface area contributed by atoms with Gasteiger partial charge in [-0.2, -0.15) is 0 Å². The molecule has 1 saturated heterocycles. The van der Waals surface area contributed by atoms with E-state index in [4.69, 9.17) is 4.74 Å². The Labute approximate surface area is 126 Å². The first-order valence-corrected chi connectivity index (χ1v) is 8.00. The Kier molecular flexibility index (Phi) is 4.44. The van der Waals surface area contributed by atoms with Gasteiger partial charge < -0.3 is 15.0 Å². The highest BCUT2D eigenvalue weighted by Crippen LogP contribution is 2.33. The van der Waals surface area contributed by atoms with Crippen LogP contribution >= 0.6 is 0 Å². The van der Waals surface area contributed by atoms with E-state index < -0.39 is 0 Å². The molecule has 1 amide bonds. The smallest absolute Gasteiger partial charge is 0.223 e. The standard InChI is InChI=1S/C17H24N2O2/c1-2-21-14-6-5-9-19(12-14)17(20)10-13-11-18-16-8-4-3-7-15(13)16/h3-4,7-8,13-14,18H,2,5-6,9-12H2,1H3. The molecule has 0 bridgehead atoms. The van der Waals surface area contributed by atoms with E-state index >= 15 is 0 Å². The SMILES string of the molecule is CCOC1CCCN(C(=O)CC2CNc3ccccc32)C1. The molecule has 0 aliphatic carbocycles. The highest BCUT2D eigenvalue weighted by atomic mass is 16.5. The number of carbonyl (C=O) groups excluding carboxylic acids is 1. The lowest BCUT2D eigenvalue weighted by molar-refractivity contribution is -0.135. The molecule has 4 nitrogen and oxygen atoms in total. The number of carbonyl (C=O) groups is 1. The van der Waals surface area contributed by atoms with Crippen molar-refractivity contribution in [3.8, 4) is 0 Å². The Balaban J connectivity index is 1.59. The second kappa shape index (κ2) is 6.48. The predicted molar refractivity (Wildman–Crippen MR) is 83.5 cm³/mol. The molecule has 3 rings (SSSR count). The third kappa shape index (κ3) is 3.21. The van der Waals surface area contributed by atoms with Gasteiger partial charge in [-0.15, -0.1) is 0 Å². The van der Waals surface area contributed by atoms with Crippen LogP contribution in [0.4, 0.5) is 5.69 Å². The lowest BCUT2D eigenvalue weighted by atomic mass is 9.96. The fourth-order valence-corrected chi connectivity index (χ4v) is 3.42. The number of piperidine rings is 1. The number of rotatable bonds is 4. The molecular weight excluding hydrogens is 264 g/mol. The number of para-hydroxylation sites is 1. The maximum absolute atomic E-state index is 12.6. The van der Waals surface area contributed by atoms with Gasteiger partial charge in [0.05, 0.1) is 6.10 Å². The summed E-state index contributed by atoms with van der Waals surface area (Å²) in [5.74, 6) is 0.573. The number of nitrogens with one attached hydrogen (secondary N) is 1. The normalized spacial score (nSPS) is 24.5. The van der Waals surface area contributed by atoms with Crippen molar-refractivity contribution in [1.29, 1.82) is 0 Å². The Bertz CT molecular complexity index is 501. The van der Waals surface area contributed by atoms with Crippen molar-refractivity contribution in [2.75, 3.05) is 31.6 Å². The molecule has 2 aliphatic rings. The largest absolute Gasteiger partial charge is 0.384 e. The van der Waals surface area contributed by atoms with Crippen LogP contribution in [0.1, 0.15) is 37.7 Å². The van der Waals surface area contributed by atoms with E-state index in [0.717, 1.165) is 39.1 Å². The summed E-state index contributed by atoms with van der Waals surface area (Å²) in [5.41, 5.74) is 2.46. The Morgan fingerprint density at radius 2 is 2.29 bits per heavy atom. The van der Waals surface area contributed by atoms with Crippen LogP contribution in [0.3, 0.4) is 0 Å². The molecule has 2 unspecified atom stereocenters. The molecule has 2 atom stereocenters. The van der Waals surface area contributed by atoms with Crippen LogP contribution in [0.5, 0.6) is 0 Å². The lowest BCUT2D eigenvalue weighted by Crippen LogP contribution is -2.43. The van der Waals surface area contributed by atoms with Crippen LogP contribution in [0.25, 0.3) is 0 Å². The molecule has 2 aliphatic heterocycles. The van der Waals surface area contributed by atoms with Gasteiger partial charge in [0.1, 0.15) is 0 Å². The molecule has 1 fully saturated rings. The maximum atomic E-state index is 12.6. The van der Waals surface area contributed by atoms with Crippen molar-refractivity contribution in [2.45, 2.75) is 38.2 Å². The summed E-state index contributed by atoms with van der Waals surface area (Å²) in [7, 11) is 0. The van der Waals surface area contributed by atoms with E-state index in [1.807, 2.05) is 17.9 Å². The van der Waals surface area contributed by atoms with Crippen molar-refractivity contribution in [3.05, 3.63) is 29.8 Å². The Morgan fingerprint density at radius 3 is 3.14 bits per heavy atom. The molecule has 0 radical (unpaired) electrons. The first-order chi connectivity index (χ1) is 10.3. The van der Waals surface area contributed by atoms with Crippen molar-refractivity contribution < 1.29 is 9.53 Å². The van der Waals surface area contributed by atoms with E-state index in [-0.39, 0.29) is 12.0 Å². The van der Waals surface area contributed by atoms with Crippen molar-refractivity contribution >= 4 is 11.6 Å². The molecular formula is C17H24N2O2. The quantitative estimate of drug-likeness (QED) is 0.926. The van der Waals surface area contributed by atoms with Gasteiger partial charge in [0.15, 0.2) is 0 Å². The Hall–Kier alpha value is -1.55. The molecule has 114 valence electrons. The molecule has 1 aromatic carbocycles. The maximum Gasteiger partial charge on any atom is 0.223 e. The monoisotopic (exact) mass is 288 g/mol. The number of likely N-dealkylation sites (tertiary alicyclic amines) is 1. The molecule has 4 heteroatoms. The molecule has 1 N–H and O–H groups in total. The second-order valence-electron chi connectivity index (χ2n) is 5.93.